The molecule has 23 heavy (non-hydrogen) atoms. The van der Waals surface area contributed by atoms with E-state index in [1.54, 1.807) is 0 Å². The van der Waals surface area contributed by atoms with Crippen molar-refractivity contribution in [2.75, 3.05) is 13.1 Å². The number of nitriles is 3. The molecule has 2 unspecified atom stereocenters. The molecule has 1 heterocycles. The van der Waals surface area contributed by atoms with Gasteiger partial charge < -0.3 is 11.1 Å². The fourth-order valence-electron chi connectivity index (χ4n) is 3.64. The molecule has 1 aromatic rings. The maximum atomic E-state index is 9.81. The first kappa shape index (κ1) is 14.9. The van der Waals surface area contributed by atoms with Crippen LogP contribution in [0.15, 0.2) is 53.3 Å². The topological polar surface area (TPSA) is 109 Å². The Morgan fingerprint density at radius 2 is 1.83 bits per heavy atom. The van der Waals surface area contributed by atoms with Crippen LogP contribution < -0.4 is 11.1 Å². The molecule has 5 heteroatoms. The van der Waals surface area contributed by atoms with Gasteiger partial charge in [-0.3, -0.25) is 0 Å². The highest BCUT2D eigenvalue weighted by molar-refractivity contribution is 5.59. The van der Waals surface area contributed by atoms with Crippen molar-refractivity contribution in [3.63, 3.8) is 0 Å². The summed E-state index contributed by atoms with van der Waals surface area (Å²) >= 11 is 0. The normalized spacial score (nSPS) is 25.3. The van der Waals surface area contributed by atoms with Gasteiger partial charge in [0.2, 0.25) is 0 Å². The monoisotopic (exact) mass is 301 g/mol. The van der Waals surface area contributed by atoms with Crippen LogP contribution in [0.3, 0.4) is 0 Å². The predicted octanol–water partition coefficient (Wildman–Crippen LogP) is 1.70. The molecule has 1 aromatic carbocycles. The molecule has 2 atom stereocenters. The van der Waals surface area contributed by atoms with Crippen molar-refractivity contribution < 1.29 is 0 Å². The second-order valence-corrected chi connectivity index (χ2v) is 5.74. The van der Waals surface area contributed by atoms with Crippen molar-refractivity contribution in [2.24, 2.45) is 17.1 Å². The van der Waals surface area contributed by atoms with E-state index < -0.39 is 11.3 Å². The lowest BCUT2D eigenvalue weighted by Gasteiger charge is -2.43. The van der Waals surface area contributed by atoms with Gasteiger partial charge in [0.05, 0.1) is 23.4 Å². The highest BCUT2D eigenvalue weighted by Crippen LogP contribution is 2.53. The molecule has 0 aromatic heterocycles. The number of nitrogens with zero attached hydrogens (tertiary/aromatic N) is 3. The number of hydrogen-bond donors (Lipinski definition) is 2. The van der Waals surface area contributed by atoms with Crippen LogP contribution in [-0.2, 0) is 0 Å². The number of fused-ring (bicyclic) bond motifs is 1. The van der Waals surface area contributed by atoms with Gasteiger partial charge in [-0.2, -0.15) is 15.8 Å². The van der Waals surface area contributed by atoms with Crippen LogP contribution in [0.4, 0.5) is 0 Å². The molecule has 0 bridgehead atoms. The van der Waals surface area contributed by atoms with Gasteiger partial charge in [-0.25, -0.2) is 0 Å². The molecule has 0 spiro atoms. The van der Waals surface area contributed by atoms with Crippen LogP contribution in [-0.4, -0.2) is 13.1 Å². The molecular weight excluding hydrogens is 286 g/mol. The van der Waals surface area contributed by atoms with Crippen molar-refractivity contribution in [2.45, 2.75) is 5.92 Å². The Balaban J connectivity index is 2.33. The number of rotatable bonds is 1. The average Bonchev–Trinajstić information content (AvgIpc) is 2.61. The van der Waals surface area contributed by atoms with Gasteiger partial charge in [0.15, 0.2) is 5.41 Å². The Bertz CT molecular complexity index is 800. The van der Waals surface area contributed by atoms with Gasteiger partial charge in [-0.1, -0.05) is 36.4 Å². The summed E-state index contributed by atoms with van der Waals surface area (Å²) in [5.74, 6) is -0.540. The van der Waals surface area contributed by atoms with Crippen molar-refractivity contribution >= 4 is 0 Å². The zero-order valence-corrected chi connectivity index (χ0v) is 12.5. The first-order chi connectivity index (χ1) is 11.2. The van der Waals surface area contributed by atoms with E-state index in [4.69, 9.17) is 5.73 Å². The first-order valence-electron chi connectivity index (χ1n) is 7.38. The standard InChI is InChI=1S/C18H15N5/c19-8-14-13-6-7-23-9-15(13)16(12-4-2-1-3-5-12)18(10-20,11-21)17(14)22/h1-6,15-16,23H,7,9,22H2. The Morgan fingerprint density at radius 1 is 1.13 bits per heavy atom. The number of hydrogen-bond acceptors (Lipinski definition) is 5. The van der Waals surface area contributed by atoms with Crippen molar-refractivity contribution in [1.82, 2.24) is 5.32 Å². The van der Waals surface area contributed by atoms with Gasteiger partial charge in [0.1, 0.15) is 6.07 Å². The highest BCUT2D eigenvalue weighted by Gasteiger charge is 2.53. The summed E-state index contributed by atoms with van der Waals surface area (Å²) in [5, 5.41) is 32.4. The summed E-state index contributed by atoms with van der Waals surface area (Å²) in [5.41, 5.74) is 6.73. The molecule has 0 amide bonds. The van der Waals surface area contributed by atoms with E-state index in [1.165, 1.54) is 0 Å². The van der Waals surface area contributed by atoms with Gasteiger partial charge in [0, 0.05) is 24.9 Å². The van der Waals surface area contributed by atoms with Crippen LogP contribution in [0.5, 0.6) is 0 Å². The van der Waals surface area contributed by atoms with Crippen LogP contribution >= 0.6 is 0 Å². The molecule has 112 valence electrons. The Hall–Kier alpha value is -3.07. The van der Waals surface area contributed by atoms with E-state index >= 15 is 0 Å². The van der Waals surface area contributed by atoms with E-state index in [0.717, 1.165) is 11.1 Å². The van der Waals surface area contributed by atoms with Crippen molar-refractivity contribution in [3.8, 4) is 18.2 Å². The summed E-state index contributed by atoms with van der Waals surface area (Å²) in [6.45, 7) is 1.26. The lowest BCUT2D eigenvalue weighted by atomic mass is 9.58. The van der Waals surface area contributed by atoms with Crippen molar-refractivity contribution in [1.29, 1.82) is 15.8 Å². The molecule has 5 nitrogen and oxygen atoms in total. The average molecular weight is 301 g/mol. The van der Waals surface area contributed by atoms with Gasteiger partial charge in [0.25, 0.3) is 0 Å². The molecule has 3 N–H and O–H groups in total. The molecule has 3 rings (SSSR count). The molecule has 0 saturated carbocycles. The zero-order valence-electron chi connectivity index (χ0n) is 12.5. The number of allylic oxidation sites excluding steroid dienone is 2. The highest BCUT2D eigenvalue weighted by atomic mass is 14.9. The molecule has 0 saturated heterocycles. The van der Waals surface area contributed by atoms with Crippen LogP contribution in [0.25, 0.3) is 0 Å². The lowest BCUT2D eigenvalue weighted by molar-refractivity contribution is 0.328. The number of nitrogens with two attached hydrogens (primary N) is 1. The van der Waals surface area contributed by atoms with E-state index in [-0.39, 0.29) is 17.2 Å². The SMILES string of the molecule is N#CC1=C(N)C(C#N)(C#N)C(c2ccccc2)C2CNCC=C12. The van der Waals surface area contributed by atoms with Gasteiger partial charge >= 0.3 is 0 Å². The Kier molecular flexibility index (Phi) is 3.62. The minimum Gasteiger partial charge on any atom is -0.399 e. The van der Waals surface area contributed by atoms with Gasteiger partial charge in [-0.15, -0.1) is 0 Å². The van der Waals surface area contributed by atoms with E-state index in [2.05, 4.69) is 23.5 Å². The molecule has 0 radical (unpaired) electrons. The quantitative estimate of drug-likeness (QED) is 0.820. The number of benzene rings is 1. The van der Waals surface area contributed by atoms with Crippen molar-refractivity contribution in [3.05, 3.63) is 58.8 Å². The van der Waals surface area contributed by atoms with Crippen LogP contribution in [0.1, 0.15) is 11.5 Å². The molecule has 1 aliphatic heterocycles. The summed E-state index contributed by atoms with van der Waals surface area (Å²) in [6.07, 6.45) is 1.94. The fraction of sp³-hybridized carbons (Fsp3) is 0.278. The maximum Gasteiger partial charge on any atom is 0.191 e. The minimum atomic E-state index is -1.53. The summed E-state index contributed by atoms with van der Waals surface area (Å²) in [4.78, 5) is 0. The first-order valence-corrected chi connectivity index (χ1v) is 7.38. The predicted molar refractivity (Wildman–Crippen MR) is 84.1 cm³/mol. The summed E-state index contributed by atoms with van der Waals surface area (Å²) in [7, 11) is 0. The van der Waals surface area contributed by atoms with E-state index in [1.807, 2.05) is 36.4 Å². The van der Waals surface area contributed by atoms with Crippen LogP contribution in [0, 0.1) is 45.3 Å². The molecule has 0 fully saturated rings. The Morgan fingerprint density at radius 3 is 2.43 bits per heavy atom. The summed E-state index contributed by atoms with van der Waals surface area (Å²) < 4.78 is 0. The largest absolute Gasteiger partial charge is 0.399 e. The Labute approximate surface area is 134 Å². The third-order valence-electron chi connectivity index (χ3n) is 4.70. The molecule has 1 aliphatic carbocycles. The molecule has 2 aliphatic rings. The third-order valence-corrected chi connectivity index (χ3v) is 4.70. The van der Waals surface area contributed by atoms with Gasteiger partial charge in [-0.05, 0) is 11.1 Å². The number of nitrogens with one attached hydrogen (secondary N) is 1. The fourth-order valence-corrected chi connectivity index (χ4v) is 3.64. The third kappa shape index (κ3) is 2.01. The second kappa shape index (κ2) is 5.61. The second-order valence-electron chi connectivity index (χ2n) is 5.74. The minimum absolute atomic E-state index is 0.0725. The smallest absolute Gasteiger partial charge is 0.191 e. The maximum absolute atomic E-state index is 9.81. The summed E-state index contributed by atoms with van der Waals surface area (Å²) in [6, 6.07) is 15.8. The zero-order chi connectivity index (χ0) is 16.4. The van der Waals surface area contributed by atoms with E-state index in [0.29, 0.717) is 13.1 Å². The lowest BCUT2D eigenvalue weighted by Crippen LogP contribution is -2.46. The van der Waals surface area contributed by atoms with E-state index in [9.17, 15) is 15.8 Å². The molecular formula is C18H15N5. The van der Waals surface area contributed by atoms with Crippen LogP contribution in [0.2, 0.25) is 0 Å².